The molecule has 154 valence electrons. The Morgan fingerprint density at radius 2 is 1.69 bits per heavy atom. The zero-order chi connectivity index (χ0) is 21.1. The van der Waals surface area contributed by atoms with Gasteiger partial charge in [0.15, 0.2) is 0 Å². The first-order valence-electron chi connectivity index (χ1n) is 9.64. The number of aryl methyl sites for hydroxylation is 2. The van der Waals surface area contributed by atoms with Gasteiger partial charge < -0.3 is 20.0 Å². The van der Waals surface area contributed by atoms with E-state index in [1.807, 2.05) is 38.1 Å². The predicted molar refractivity (Wildman–Crippen MR) is 110 cm³/mol. The van der Waals surface area contributed by atoms with Crippen LogP contribution in [-0.4, -0.2) is 25.0 Å². The molecule has 1 heterocycles. The topological polar surface area (TPSA) is 95.5 Å². The number of benzene rings is 1. The molecule has 1 aliphatic rings. The van der Waals surface area contributed by atoms with E-state index in [-0.39, 0.29) is 5.91 Å². The molecule has 0 aliphatic heterocycles. The van der Waals surface area contributed by atoms with E-state index in [0.29, 0.717) is 23.4 Å². The lowest BCUT2D eigenvalue weighted by Gasteiger charge is -2.31. The summed E-state index contributed by atoms with van der Waals surface area (Å²) in [6.07, 6.45) is 2.49. The van der Waals surface area contributed by atoms with Gasteiger partial charge in [-0.1, -0.05) is 42.7 Å². The highest BCUT2D eigenvalue weighted by Gasteiger charge is 2.33. The highest BCUT2D eigenvalue weighted by Crippen LogP contribution is 2.41. The summed E-state index contributed by atoms with van der Waals surface area (Å²) in [6, 6.07) is 7.77. The number of methoxy groups -OCH3 is 1. The lowest BCUT2D eigenvalue weighted by atomic mass is 9.78. The third-order valence-electron chi connectivity index (χ3n) is 5.46. The maximum Gasteiger partial charge on any atom is 0.341 e. The number of hydrogen-bond donors (Lipinski definition) is 1. The number of thiophene rings is 1. The fourth-order valence-electron chi connectivity index (χ4n) is 3.93. The van der Waals surface area contributed by atoms with Gasteiger partial charge in [0, 0.05) is 28.2 Å². The molecule has 2 atom stereocenters. The lowest BCUT2D eigenvalue weighted by molar-refractivity contribution is -0.313. The van der Waals surface area contributed by atoms with Crippen LogP contribution >= 0.6 is 11.3 Å². The van der Waals surface area contributed by atoms with Gasteiger partial charge in [0.1, 0.15) is 10.6 Å². The number of carboxylic acids is 1. The van der Waals surface area contributed by atoms with Gasteiger partial charge in [-0.25, -0.2) is 4.79 Å². The Labute approximate surface area is 173 Å². The van der Waals surface area contributed by atoms with Crippen molar-refractivity contribution < 1.29 is 24.2 Å². The summed E-state index contributed by atoms with van der Waals surface area (Å²) in [7, 11) is 1.30. The smallest absolute Gasteiger partial charge is 0.341 e. The molecule has 29 heavy (non-hydrogen) atoms. The molecule has 1 saturated carbocycles. The van der Waals surface area contributed by atoms with E-state index in [1.54, 1.807) is 0 Å². The van der Waals surface area contributed by atoms with E-state index in [1.165, 1.54) is 18.4 Å². The van der Waals surface area contributed by atoms with Gasteiger partial charge in [0.05, 0.1) is 7.11 Å². The third kappa shape index (κ3) is 4.34. The molecule has 1 aliphatic carbocycles. The number of esters is 1. The molecule has 1 fully saturated rings. The van der Waals surface area contributed by atoms with Crippen LogP contribution in [0.5, 0.6) is 0 Å². The van der Waals surface area contributed by atoms with Crippen LogP contribution in [-0.2, 0) is 14.3 Å². The Morgan fingerprint density at radius 1 is 1.07 bits per heavy atom. The van der Waals surface area contributed by atoms with E-state index in [0.717, 1.165) is 34.4 Å². The molecule has 7 heteroatoms. The van der Waals surface area contributed by atoms with Gasteiger partial charge in [-0.05, 0) is 32.3 Å². The minimum absolute atomic E-state index is 0.299. The third-order valence-corrected chi connectivity index (χ3v) is 6.48. The molecular formula is C22H24NO5S-. The quantitative estimate of drug-likeness (QED) is 0.758. The second kappa shape index (κ2) is 8.78. The highest BCUT2D eigenvalue weighted by atomic mass is 32.1. The van der Waals surface area contributed by atoms with Gasteiger partial charge in [-0.2, -0.15) is 0 Å². The first-order chi connectivity index (χ1) is 13.8. The molecule has 6 nitrogen and oxygen atoms in total. The van der Waals surface area contributed by atoms with E-state index in [2.05, 4.69) is 5.32 Å². The average molecular weight is 415 g/mol. The number of carbonyl (C=O) groups is 3. The molecule has 1 amide bonds. The Bertz CT molecular complexity index is 931. The molecule has 1 N–H and O–H groups in total. The number of aliphatic carboxylic acids is 1. The fourth-order valence-corrected chi connectivity index (χ4v) is 5.00. The number of hydrogen-bond acceptors (Lipinski definition) is 6. The molecule has 0 spiro atoms. The van der Waals surface area contributed by atoms with Gasteiger partial charge >= 0.3 is 5.97 Å². The summed E-state index contributed by atoms with van der Waals surface area (Å²) in [5, 5.41) is 14.6. The van der Waals surface area contributed by atoms with E-state index >= 15 is 0 Å². The highest BCUT2D eigenvalue weighted by molar-refractivity contribution is 7.17. The fraction of sp³-hybridized carbons (Fsp3) is 0.409. The normalized spacial score (nSPS) is 18.9. The second-order valence-corrected chi connectivity index (χ2v) is 8.63. The molecule has 0 radical (unpaired) electrons. The maximum atomic E-state index is 12.9. The number of anilines is 1. The summed E-state index contributed by atoms with van der Waals surface area (Å²) in [6.45, 7) is 3.86. The number of rotatable bonds is 5. The number of ether oxygens (including phenoxy) is 1. The van der Waals surface area contributed by atoms with Crippen LogP contribution in [0.1, 0.15) is 46.5 Å². The van der Waals surface area contributed by atoms with Crippen LogP contribution in [0.15, 0.2) is 24.3 Å². The summed E-state index contributed by atoms with van der Waals surface area (Å²) >= 11 is 1.29. The van der Waals surface area contributed by atoms with E-state index < -0.39 is 23.8 Å². The minimum Gasteiger partial charge on any atom is -0.550 e. The van der Waals surface area contributed by atoms with Crippen molar-refractivity contribution in [2.24, 2.45) is 11.8 Å². The molecule has 1 aromatic carbocycles. The lowest BCUT2D eigenvalue weighted by Crippen LogP contribution is -2.42. The molecule has 3 rings (SSSR count). The first-order valence-corrected chi connectivity index (χ1v) is 10.5. The van der Waals surface area contributed by atoms with Crippen molar-refractivity contribution in [1.82, 2.24) is 0 Å². The standard InChI is InChI=1S/C22H25NO5S/c1-12-8-10-14(11-9-12)17-13(2)29-20(18(17)22(27)28-3)23-19(24)15-6-4-5-7-16(15)21(25)26/h8-11,15-16H,4-7H2,1-3H3,(H,23,24)(H,25,26)/p-1/t15-,16-/m1/s1. The first kappa shape index (κ1) is 21.0. The summed E-state index contributed by atoms with van der Waals surface area (Å²) in [5.41, 5.74) is 2.97. The van der Waals surface area contributed by atoms with Crippen LogP contribution < -0.4 is 10.4 Å². The van der Waals surface area contributed by atoms with Gasteiger partial charge in [0.2, 0.25) is 5.91 Å². The van der Waals surface area contributed by atoms with Crippen LogP contribution in [0.25, 0.3) is 11.1 Å². The van der Waals surface area contributed by atoms with Crippen molar-refractivity contribution in [1.29, 1.82) is 0 Å². The summed E-state index contributed by atoms with van der Waals surface area (Å²) in [4.78, 5) is 37.8. The Kier molecular flexibility index (Phi) is 6.37. The Morgan fingerprint density at radius 3 is 2.28 bits per heavy atom. The summed E-state index contributed by atoms with van der Waals surface area (Å²) < 4.78 is 4.97. The van der Waals surface area contributed by atoms with Crippen molar-refractivity contribution in [3.8, 4) is 11.1 Å². The zero-order valence-electron chi connectivity index (χ0n) is 16.7. The van der Waals surface area contributed by atoms with Crippen molar-refractivity contribution in [2.75, 3.05) is 12.4 Å². The zero-order valence-corrected chi connectivity index (χ0v) is 17.6. The number of carbonyl (C=O) groups excluding carboxylic acids is 3. The Hall–Kier alpha value is -2.67. The average Bonchev–Trinajstić information content (AvgIpc) is 3.03. The van der Waals surface area contributed by atoms with Crippen molar-refractivity contribution in [3.05, 3.63) is 40.3 Å². The molecule has 1 aromatic heterocycles. The Balaban J connectivity index is 1.98. The monoisotopic (exact) mass is 414 g/mol. The van der Waals surface area contributed by atoms with Crippen LogP contribution in [0.2, 0.25) is 0 Å². The van der Waals surface area contributed by atoms with Crippen LogP contribution in [0, 0.1) is 25.7 Å². The SMILES string of the molecule is COC(=O)c1c(NC(=O)[C@@H]2CCCC[C@H]2C(=O)[O-])sc(C)c1-c1ccc(C)cc1. The van der Waals surface area contributed by atoms with Gasteiger partial charge in [0.25, 0.3) is 0 Å². The largest absolute Gasteiger partial charge is 0.550 e. The summed E-state index contributed by atoms with van der Waals surface area (Å²) in [5.74, 6) is -3.59. The molecule has 0 bridgehead atoms. The molecule has 0 unspecified atom stereocenters. The molecule has 2 aromatic rings. The predicted octanol–water partition coefficient (Wildman–Crippen LogP) is 3.31. The van der Waals surface area contributed by atoms with E-state index in [4.69, 9.17) is 4.74 Å². The second-order valence-electron chi connectivity index (χ2n) is 7.40. The van der Waals surface area contributed by atoms with Crippen molar-refractivity contribution >= 4 is 34.2 Å². The number of amides is 1. The molecule has 0 saturated heterocycles. The van der Waals surface area contributed by atoms with Gasteiger partial charge in [-0.15, -0.1) is 11.3 Å². The van der Waals surface area contributed by atoms with Crippen molar-refractivity contribution in [3.63, 3.8) is 0 Å². The van der Waals surface area contributed by atoms with Crippen LogP contribution in [0.3, 0.4) is 0 Å². The number of nitrogens with one attached hydrogen (secondary N) is 1. The van der Waals surface area contributed by atoms with E-state index in [9.17, 15) is 19.5 Å². The maximum absolute atomic E-state index is 12.9. The number of carboxylic acid groups (broad SMARTS) is 1. The minimum atomic E-state index is -1.19. The van der Waals surface area contributed by atoms with Crippen LogP contribution in [0.4, 0.5) is 5.00 Å². The van der Waals surface area contributed by atoms with Gasteiger partial charge in [-0.3, -0.25) is 4.79 Å². The van der Waals surface area contributed by atoms with Crippen molar-refractivity contribution in [2.45, 2.75) is 39.5 Å². The molecular weight excluding hydrogens is 390 g/mol.